The first-order valence-corrected chi connectivity index (χ1v) is 6.81. The molecule has 1 unspecified atom stereocenters. The van der Waals surface area contributed by atoms with Crippen molar-refractivity contribution in [2.45, 2.75) is 12.6 Å². The second-order valence-corrected chi connectivity index (χ2v) is 4.97. The van der Waals surface area contributed by atoms with Crippen LogP contribution in [0.2, 0.25) is 0 Å². The number of hydrogen-bond acceptors (Lipinski definition) is 7. The number of carbonyl (C=O) groups is 1. The van der Waals surface area contributed by atoms with Crippen molar-refractivity contribution < 1.29 is 14.6 Å². The van der Waals surface area contributed by atoms with Crippen molar-refractivity contribution in [2.24, 2.45) is 0 Å². The summed E-state index contributed by atoms with van der Waals surface area (Å²) in [6, 6.07) is 3.34. The van der Waals surface area contributed by atoms with Crippen LogP contribution in [0.15, 0.2) is 17.5 Å². The summed E-state index contributed by atoms with van der Waals surface area (Å²) in [4.78, 5) is 13.9. The molecule has 8 nitrogen and oxygen atoms in total. The lowest BCUT2D eigenvalue weighted by Gasteiger charge is -2.14. The van der Waals surface area contributed by atoms with Gasteiger partial charge in [-0.05, 0) is 16.7 Å². The zero-order valence-corrected chi connectivity index (χ0v) is 11.7. The Balaban J connectivity index is 1.91. The van der Waals surface area contributed by atoms with Gasteiger partial charge in [0.1, 0.15) is 6.54 Å². The first kappa shape index (κ1) is 14.6. The largest absolute Gasteiger partial charge is 0.394 e. The summed E-state index contributed by atoms with van der Waals surface area (Å²) < 4.78 is 4.88. The van der Waals surface area contributed by atoms with E-state index in [0.29, 0.717) is 5.82 Å². The number of methoxy groups -OCH3 is 1. The predicted molar refractivity (Wildman–Crippen MR) is 72.0 cm³/mol. The van der Waals surface area contributed by atoms with Crippen molar-refractivity contribution in [3.05, 3.63) is 17.5 Å². The molecule has 0 radical (unpaired) electrons. The number of aromatic nitrogens is 4. The van der Waals surface area contributed by atoms with E-state index in [1.165, 1.54) is 23.2 Å². The Morgan fingerprint density at radius 3 is 3.15 bits per heavy atom. The van der Waals surface area contributed by atoms with Crippen LogP contribution in [0.5, 0.6) is 0 Å². The highest BCUT2D eigenvalue weighted by atomic mass is 32.1. The first-order chi connectivity index (χ1) is 9.72. The number of amides is 1. The third-order valence-electron chi connectivity index (χ3n) is 2.43. The number of rotatable bonds is 7. The van der Waals surface area contributed by atoms with Crippen molar-refractivity contribution in [3.8, 4) is 10.7 Å². The lowest BCUT2D eigenvalue weighted by molar-refractivity contribution is -0.123. The molecule has 0 aliphatic rings. The molecule has 0 aliphatic carbocycles. The molecule has 0 saturated carbocycles. The van der Waals surface area contributed by atoms with E-state index in [0.717, 1.165) is 4.88 Å². The van der Waals surface area contributed by atoms with Crippen LogP contribution in [0.3, 0.4) is 0 Å². The molecule has 0 bridgehead atoms. The molecule has 9 heteroatoms. The molecule has 0 aliphatic heterocycles. The summed E-state index contributed by atoms with van der Waals surface area (Å²) in [5, 5.41) is 25.4. The number of nitrogens with one attached hydrogen (secondary N) is 1. The average Bonchev–Trinajstić information content (AvgIpc) is 3.08. The van der Waals surface area contributed by atoms with E-state index in [2.05, 4.69) is 20.7 Å². The summed E-state index contributed by atoms with van der Waals surface area (Å²) in [6.07, 6.45) is 0. The summed E-state index contributed by atoms with van der Waals surface area (Å²) in [5.41, 5.74) is 0. The molecule has 0 aromatic carbocycles. The second-order valence-electron chi connectivity index (χ2n) is 4.02. The third-order valence-corrected chi connectivity index (χ3v) is 3.30. The number of ether oxygens (including phenoxy) is 1. The highest BCUT2D eigenvalue weighted by molar-refractivity contribution is 7.13. The Morgan fingerprint density at radius 1 is 1.65 bits per heavy atom. The Hall–Kier alpha value is -1.84. The summed E-state index contributed by atoms with van der Waals surface area (Å²) in [7, 11) is 1.50. The average molecular weight is 297 g/mol. The van der Waals surface area contributed by atoms with Gasteiger partial charge in [0, 0.05) is 7.11 Å². The maximum Gasteiger partial charge on any atom is 0.244 e. The standard InChI is InChI=1S/C11H15N5O3S/c1-19-7-8(6-17)12-10(18)5-16-14-11(13-15-16)9-3-2-4-20-9/h2-4,8,17H,5-7H2,1H3,(H,12,18). The van der Waals surface area contributed by atoms with Gasteiger partial charge in [0.2, 0.25) is 11.7 Å². The first-order valence-electron chi connectivity index (χ1n) is 5.93. The van der Waals surface area contributed by atoms with Crippen molar-refractivity contribution in [1.82, 2.24) is 25.5 Å². The van der Waals surface area contributed by atoms with Crippen LogP contribution in [-0.4, -0.2) is 57.6 Å². The SMILES string of the molecule is COCC(CO)NC(=O)Cn1nnc(-c2cccs2)n1. The van der Waals surface area contributed by atoms with Gasteiger partial charge in [0.25, 0.3) is 0 Å². The molecular weight excluding hydrogens is 282 g/mol. The molecule has 1 atom stereocenters. The van der Waals surface area contributed by atoms with Gasteiger partial charge < -0.3 is 15.2 Å². The van der Waals surface area contributed by atoms with Crippen LogP contribution < -0.4 is 5.32 Å². The van der Waals surface area contributed by atoms with Crippen LogP contribution in [0.25, 0.3) is 10.7 Å². The van der Waals surface area contributed by atoms with Gasteiger partial charge >= 0.3 is 0 Å². The van der Waals surface area contributed by atoms with E-state index in [4.69, 9.17) is 9.84 Å². The molecule has 2 rings (SSSR count). The van der Waals surface area contributed by atoms with Crippen molar-refractivity contribution >= 4 is 17.2 Å². The zero-order valence-electron chi connectivity index (χ0n) is 10.9. The number of hydrogen-bond donors (Lipinski definition) is 2. The minimum Gasteiger partial charge on any atom is -0.394 e. The van der Waals surface area contributed by atoms with Crippen LogP contribution >= 0.6 is 11.3 Å². The van der Waals surface area contributed by atoms with E-state index in [9.17, 15) is 4.79 Å². The number of tetrazole rings is 1. The Kier molecular flexibility index (Phi) is 5.16. The molecule has 2 heterocycles. The molecule has 20 heavy (non-hydrogen) atoms. The van der Waals surface area contributed by atoms with Crippen LogP contribution in [-0.2, 0) is 16.1 Å². The van der Waals surface area contributed by atoms with Crippen molar-refractivity contribution in [3.63, 3.8) is 0 Å². The molecule has 0 saturated heterocycles. The van der Waals surface area contributed by atoms with E-state index in [-0.39, 0.29) is 25.7 Å². The molecule has 0 fully saturated rings. The predicted octanol–water partition coefficient (Wildman–Crippen LogP) is -0.475. The smallest absolute Gasteiger partial charge is 0.244 e. The Morgan fingerprint density at radius 2 is 2.50 bits per heavy atom. The molecular formula is C11H15N5O3S. The fourth-order valence-electron chi connectivity index (χ4n) is 1.56. The molecule has 108 valence electrons. The zero-order chi connectivity index (χ0) is 14.4. The van der Waals surface area contributed by atoms with E-state index >= 15 is 0 Å². The minimum absolute atomic E-state index is 0.0570. The fraction of sp³-hybridized carbons (Fsp3) is 0.455. The maximum atomic E-state index is 11.7. The van der Waals surface area contributed by atoms with Gasteiger partial charge in [0.15, 0.2) is 0 Å². The number of nitrogens with zero attached hydrogens (tertiary/aromatic N) is 4. The summed E-state index contributed by atoms with van der Waals surface area (Å²) >= 11 is 1.50. The van der Waals surface area contributed by atoms with Crippen molar-refractivity contribution in [2.75, 3.05) is 20.3 Å². The van der Waals surface area contributed by atoms with Gasteiger partial charge in [-0.25, -0.2) is 0 Å². The summed E-state index contributed by atoms with van der Waals surface area (Å²) in [5.74, 6) is 0.180. The van der Waals surface area contributed by atoms with Crippen LogP contribution in [0.1, 0.15) is 0 Å². The highest BCUT2D eigenvalue weighted by Gasteiger charge is 2.13. The minimum atomic E-state index is -0.437. The van der Waals surface area contributed by atoms with E-state index in [1.807, 2.05) is 17.5 Å². The Bertz CT molecular complexity index is 542. The van der Waals surface area contributed by atoms with E-state index < -0.39 is 6.04 Å². The number of aliphatic hydroxyl groups excluding tert-OH is 1. The van der Waals surface area contributed by atoms with Gasteiger partial charge in [-0.1, -0.05) is 6.07 Å². The number of thiophene rings is 1. The quantitative estimate of drug-likeness (QED) is 0.716. The summed E-state index contributed by atoms with van der Waals surface area (Å²) in [6.45, 7) is -0.00310. The number of carbonyl (C=O) groups excluding carboxylic acids is 1. The van der Waals surface area contributed by atoms with Crippen LogP contribution in [0, 0.1) is 0 Å². The second kappa shape index (κ2) is 7.08. The van der Waals surface area contributed by atoms with Gasteiger partial charge in [0.05, 0.1) is 24.1 Å². The monoisotopic (exact) mass is 297 g/mol. The fourth-order valence-corrected chi connectivity index (χ4v) is 2.21. The molecule has 1 amide bonds. The van der Waals surface area contributed by atoms with Gasteiger partial charge in [-0.15, -0.1) is 21.5 Å². The lowest BCUT2D eigenvalue weighted by atomic mass is 10.3. The Labute approximate surface area is 119 Å². The van der Waals surface area contributed by atoms with Gasteiger partial charge in [-0.2, -0.15) is 4.80 Å². The highest BCUT2D eigenvalue weighted by Crippen LogP contribution is 2.19. The van der Waals surface area contributed by atoms with E-state index in [1.54, 1.807) is 0 Å². The number of aliphatic hydroxyl groups is 1. The molecule has 0 spiro atoms. The van der Waals surface area contributed by atoms with Gasteiger partial charge in [-0.3, -0.25) is 4.79 Å². The van der Waals surface area contributed by atoms with Crippen LogP contribution in [0.4, 0.5) is 0 Å². The maximum absolute atomic E-state index is 11.7. The topological polar surface area (TPSA) is 102 Å². The third kappa shape index (κ3) is 3.83. The molecule has 2 N–H and O–H groups in total. The van der Waals surface area contributed by atoms with Crippen molar-refractivity contribution in [1.29, 1.82) is 0 Å². The lowest BCUT2D eigenvalue weighted by Crippen LogP contribution is -2.42. The molecule has 2 aromatic heterocycles. The normalized spacial score (nSPS) is 12.3. The molecule has 2 aromatic rings.